The summed E-state index contributed by atoms with van der Waals surface area (Å²) in [5, 5.41) is 8.00. The van der Waals surface area contributed by atoms with Crippen molar-refractivity contribution in [2.45, 2.75) is 6.04 Å². The third kappa shape index (κ3) is 0.707. The van der Waals surface area contributed by atoms with E-state index in [2.05, 4.69) is 28.5 Å². The van der Waals surface area contributed by atoms with Crippen LogP contribution in [-0.4, -0.2) is 12.6 Å². The predicted molar refractivity (Wildman–Crippen MR) is 35.3 cm³/mol. The molecule has 9 heavy (non-hydrogen) atoms. The molecule has 2 nitrogen and oxygen atoms in total. The van der Waals surface area contributed by atoms with Gasteiger partial charge in [0, 0.05) is 5.92 Å². The van der Waals surface area contributed by atoms with E-state index in [-0.39, 0.29) is 0 Å². The first kappa shape index (κ1) is 4.91. The fraction of sp³-hybridized carbons (Fsp3) is 0.429. The second kappa shape index (κ2) is 1.79. The molecule has 0 spiro atoms. The van der Waals surface area contributed by atoms with E-state index in [1.54, 1.807) is 0 Å². The highest BCUT2D eigenvalue weighted by atomic mass is 15.2. The quantitative estimate of drug-likeness (QED) is 0.463. The van der Waals surface area contributed by atoms with E-state index in [9.17, 15) is 0 Å². The summed E-state index contributed by atoms with van der Waals surface area (Å²) in [7, 11) is 0. The maximum absolute atomic E-state index is 4.04. The van der Waals surface area contributed by atoms with E-state index in [0.29, 0.717) is 12.0 Å². The molecule has 1 aliphatic heterocycles. The third-order valence-electron chi connectivity index (χ3n) is 1.72. The largest absolute Gasteiger partial charge is 0.193 e. The van der Waals surface area contributed by atoms with Crippen molar-refractivity contribution in [2.24, 2.45) is 16.1 Å². The van der Waals surface area contributed by atoms with E-state index in [1.165, 1.54) is 0 Å². The minimum atomic E-state index is 0.356. The number of nitrogens with zero attached hydrogens (tertiary/aromatic N) is 2. The zero-order valence-electron chi connectivity index (χ0n) is 5.07. The summed E-state index contributed by atoms with van der Waals surface area (Å²) in [5.74, 6) is 0.565. The zero-order chi connectivity index (χ0) is 6.10. The number of hydrogen-bond acceptors (Lipinski definition) is 2. The van der Waals surface area contributed by atoms with Crippen LogP contribution < -0.4 is 0 Å². The van der Waals surface area contributed by atoms with Gasteiger partial charge in [-0.3, -0.25) is 0 Å². The second-order valence-corrected chi connectivity index (χ2v) is 2.36. The van der Waals surface area contributed by atoms with Gasteiger partial charge in [0.1, 0.15) is 0 Å². The molecule has 0 aromatic carbocycles. The summed E-state index contributed by atoms with van der Waals surface area (Å²) >= 11 is 0. The Morgan fingerprint density at radius 3 is 3.00 bits per heavy atom. The van der Waals surface area contributed by atoms with Gasteiger partial charge in [-0.05, 0) is 0 Å². The molecule has 0 saturated heterocycles. The van der Waals surface area contributed by atoms with Crippen molar-refractivity contribution in [3.8, 4) is 0 Å². The first-order valence-corrected chi connectivity index (χ1v) is 3.18. The standard InChI is InChI=1S/C7H8N2/c1-2-4-7-6(3-1)5-8-9-7/h1-4,6-7H,5H2. The highest BCUT2D eigenvalue weighted by Gasteiger charge is 2.21. The lowest BCUT2D eigenvalue weighted by atomic mass is 9.97. The Morgan fingerprint density at radius 1 is 1.22 bits per heavy atom. The topological polar surface area (TPSA) is 24.7 Å². The van der Waals surface area contributed by atoms with Crippen LogP contribution >= 0.6 is 0 Å². The van der Waals surface area contributed by atoms with Crippen LogP contribution in [0.1, 0.15) is 0 Å². The summed E-state index contributed by atoms with van der Waals surface area (Å²) in [5.41, 5.74) is 0. The lowest BCUT2D eigenvalue weighted by molar-refractivity contribution is 0.660. The normalized spacial score (nSPS) is 37.3. The number of azo groups is 1. The Bertz CT molecular complexity index is 191. The van der Waals surface area contributed by atoms with Crippen molar-refractivity contribution in [3.63, 3.8) is 0 Å². The lowest BCUT2D eigenvalue weighted by Gasteiger charge is -2.09. The van der Waals surface area contributed by atoms with Gasteiger partial charge in [-0.25, -0.2) is 0 Å². The van der Waals surface area contributed by atoms with Crippen molar-refractivity contribution in [1.82, 2.24) is 0 Å². The molecule has 0 amide bonds. The van der Waals surface area contributed by atoms with Gasteiger partial charge >= 0.3 is 0 Å². The average molecular weight is 120 g/mol. The summed E-state index contributed by atoms with van der Waals surface area (Å²) in [4.78, 5) is 0. The first-order valence-electron chi connectivity index (χ1n) is 3.18. The van der Waals surface area contributed by atoms with Crippen LogP contribution in [0.15, 0.2) is 34.5 Å². The van der Waals surface area contributed by atoms with Gasteiger partial charge in [-0.15, -0.1) is 0 Å². The van der Waals surface area contributed by atoms with Crippen molar-refractivity contribution in [2.75, 3.05) is 6.54 Å². The van der Waals surface area contributed by atoms with E-state index in [1.807, 2.05) is 6.08 Å². The van der Waals surface area contributed by atoms with Gasteiger partial charge in [0.15, 0.2) is 0 Å². The molecule has 0 radical (unpaired) electrons. The molecular formula is C7H8N2. The average Bonchev–Trinajstić information content (AvgIpc) is 2.33. The van der Waals surface area contributed by atoms with Crippen molar-refractivity contribution < 1.29 is 0 Å². The summed E-state index contributed by atoms with van der Waals surface area (Å²) in [6.07, 6.45) is 8.37. The third-order valence-corrected chi connectivity index (χ3v) is 1.72. The monoisotopic (exact) mass is 120 g/mol. The van der Waals surface area contributed by atoms with Crippen molar-refractivity contribution in [3.05, 3.63) is 24.3 Å². The number of allylic oxidation sites excluding steroid dienone is 2. The number of hydrogen-bond donors (Lipinski definition) is 0. The first-order chi connectivity index (χ1) is 4.47. The minimum absolute atomic E-state index is 0.356. The molecular weight excluding hydrogens is 112 g/mol. The van der Waals surface area contributed by atoms with Crippen LogP contribution in [0, 0.1) is 5.92 Å². The zero-order valence-corrected chi connectivity index (χ0v) is 5.07. The highest BCUT2D eigenvalue weighted by Crippen LogP contribution is 2.21. The molecule has 1 aliphatic carbocycles. The molecule has 46 valence electrons. The molecule has 0 N–H and O–H groups in total. The van der Waals surface area contributed by atoms with E-state index < -0.39 is 0 Å². The van der Waals surface area contributed by atoms with Gasteiger partial charge in [-0.2, -0.15) is 10.2 Å². The highest BCUT2D eigenvalue weighted by molar-refractivity contribution is 5.18. The molecule has 2 atom stereocenters. The summed E-state index contributed by atoms with van der Waals surface area (Å²) in [6.45, 7) is 0.880. The van der Waals surface area contributed by atoms with Crippen molar-refractivity contribution in [1.29, 1.82) is 0 Å². The maximum Gasteiger partial charge on any atom is 0.0972 e. The fourth-order valence-electron chi connectivity index (χ4n) is 1.17. The Hall–Kier alpha value is -0.920. The molecule has 0 fully saturated rings. The minimum Gasteiger partial charge on any atom is -0.193 e. The van der Waals surface area contributed by atoms with Crippen LogP contribution in [0.2, 0.25) is 0 Å². The van der Waals surface area contributed by atoms with E-state index in [0.717, 1.165) is 6.54 Å². The molecule has 0 bridgehead atoms. The fourth-order valence-corrected chi connectivity index (χ4v) is 1.17. The molecule has 2 heteroatoms. The Kier molecular flexibility index (Phi) is 0.979. The summed E-state index contributed by atoms with van der Waals surface area (Å²) < 4.78 is 0. The Morgan fingerprint density at radius 2 is 2.11 bits per heavy atom. The van der Waals surface area contributed by atoms with E-state index >= 15 is 0 Å². The smallest absolute Gasteiger partial charge is 0.0972 e. The number of fused-ring (bicyclic) bond motifs is 1. The molecule has 2 rings (SSSR count). The van der Waals surface area contributed by atoms with Crippen LogP contribution in [0.3, 0.4) is 0 Å². The SMILES string of the molecule is C1=CC2CN=NC2C=C1. The second-order valence-electron chi connectivity index (χ2n) is 2.36. The van der Waals surface area contributed by atoms with Gasteiger partial charge in [0.2, 0.25) is 0 Å². The van der Waals surface area contributed by atoms with Gasteiger partial charge in [0.25, 0.3) is 0 Å². The molecule has 0 aromatic rings. The van der Waals surface area contributed by atoms with Gasteiger partial charge < -0.3 is 0 Å². The van der Waals surface area contributed by atoms with Crippen LogP contribution in [-0.2, 0) is 0 Å². The summed E-state index contributed by atoms with van der Waals surface area (Å²) in [6, 6.07) is 0.356. The molecule has 2 aliphatic rings. The Balaban J connectivity index is 2.25. The molecule has 2 unspecified atom stereocenters. The van der Waals surface area contributed by atoms with Crippen LogP contribution in [0.25, 0.3) is 0 Å². The molecule has 1 heterocycles. The number of rotatable bonds is 0. The van der Waals surface area contributed by atoms with Crippen LogP contribution in [0.5, 0.6) is 0 Å². The van der Waals surface area contributed by atoms with Crippen molar-refractivity contribution >= 4 is 0 Å². The molecule has 0 saturated carbocycles. The predicted octanol–water partition coefficient (Wildman–Crippen LogP) is 1.56. The Labute approximate surface area is 54.0 Å². The van der Waals surface area contributed by atoms with Gasteiger partial charge in [0.05, 0.1) is 12.6 Å². The maximum atomic E-state index is 4.04. The molecule has 0 aromatic heterocycles. The van der Waals surface area contributed by atoms with Crippen LogP contribution in [0.4, 0.5) is 0 Å². The van der Waals surface area contributed by atoms with Gasteiger partial charge in [-0.1, -0.05) is 24.3 Å². The van der Waals surface area contributed by atoms with E-state index in [4.69, 9.17) is 0 Å². The lowest BCUT2D eigenvalue weighted by Crippen LogP contribution is -2.12.